The third-order valence-electron chi connectivity index (χ3n) is 4.97. The van der Waals surface area contributed by atoms with E-state index in [9.17, 15) is 0 Å². The molecule has 1 saturated heterocycles. The first kappa shape index (κ1) is 16.0. The van der Waals surface area contributed by atoms with E-state index in [-0.39, 0.29) is 0 Å². The van der Waals surface area contributed by atoms with Crippen LogP contribution in [-0.2, 0) is 0 Å². The van der Waals surface area contributed by atoms with Crippen LogP contribution in [0.4, 0.5) is 0 Å². The van der Waals surface area contributed by atoms with Crippen molar-refractivity contribution in [3.8, 4) is 11.5 Å². The highest BCUT2D eigenvalue weighted by atomic mass is 32.2. The maximum atomic E-state index is 6.09. The Morgan fingerprint density at radius 1 is 0.875 bits per heavy atom. The summed E-state index contributed by atoms with van der Waals surface area (Å²) in [7, 11) is 0. The SMILES string of the molecule is c1ccc2c(c1)Oc1ccccc1C2SCCCN1CCCCC1. The first-order valence-electron chi connectivity index (χ1n) is 9.11. The third-order valence-corrected chi connectivity index (χ3v) is 6.34. The molecule has 2 aliphatic heterocycles. The highest BCUT2D eigenvalue weighted by Crippen LogP contribution is 2.49. The van der Waals surface area contributed by atoms with E-state index < -0.39 is 0 Å². The minimum Gasteiger partial charge on any atom is -0.457 e. The van der Waals surface area contributed by atoms with Gasteiger partial charge in [0.05, 0.1) is 5.25 Å². The van der Waals surface area contributed by atoms with Crippen molar-refractivity contribution in [2.45, 2.75) is 30.9 Å². The molecule has 2 nitrogen and oxygen atoms in total. The molecule has 2 heterocycles. The van der Waals surface area contributed by atoms with Crippen LogP contribution in [0.2, 0.25) is 0 Å². The lowest BCUT2D eigenvalue weighted by atomic mass is 10.00. The van der Waals surface area contributed by atoms with Gasteiger partial charge >= 0.3 is 0 Å². The highest BCUT2D eigenvalue weighted by Gasteiger charge is 2.26. The van der Waals surface area contributed by atoms with Crippen LogP contribution in [0.25, 0.3) is 0 Å². The Kier molecular flexibility index (Phi) is 5.10. The summed E-state index contributed by atoms with van der Waals surface area (Å²) >= 11 is 2.06. The van der Waals surface area contributed by atoms with Gasteiger partial charge in [0.15, 0.2) is 0 Å². The summed E-state index contributed by atoms with van der Waals surface area (Å²) in [5.41, 5.74) is 2.64. The molecule has 24 heavy (non-hydrogen) atoms. The fourth-order valence-electron chi connectivity index (χ4n) is 3.72. The molecule has 0 bridgehead atoms. The van der Waals surface area contributed by atoms with Crippen molar-refractivity contribution in [2.24, 2.45) is 0 Å². The lowest BCUT2D eigenvalue weighted by molar-refractivity contribution is 0.230. The van der Waals surface area contributed by atoms with Crippen LogP contribution >= 0.6 is 11.8 Å². The van der Waals surface area contributed by atoms with Crippen molar-refractivity contribution >= 4 is 11.8 Å². The van der Waals surface area contributed by atoms with E-state index in [0.717, 1.165) is 11.5 Å². The normalized spacial score (nSPS) is 17.8. The summed E-state index contributed by atoms with van der Waals surface area (Å²) in [6.45, 7) is 3.85. The van der Waals surface area contributed by atoms with Crippen LogP contribution in [0.1, 0.15) is 42.1 Å². The van der Waals surface area contributed by atoms with Crippen molar-refractivity contribution < 1.29 is 4.74 Å². The zero-order valence-corrected chi connectivity index (χ0v) is 14.9. The summed E-state index contributed by atoms with van der Waals surface area (Å²) in [4.78, 5) is 2.63. The quantitative estimate of drug-likeness (QED) is 0.668. The van der Waals surface area contributed by atoms with E-state index in [2.05, 4.69) is 65.2 Å². The van der Waals surface area contributed by atoms with E-state index >= 15 is 0 Å². The van der Waals surface area contributed by atoms with Crippen LogP contribution in [-0.4, -0.2) is 30.3 Å². The summed E-state index contributed by atoms with van der Waals surface area (Å²) in [5.74, 6) is 3.23. The molecule has 126 valence electrons. The van der Waals surface area contributed by atoms with Crippen molar-refractivity contribution in [2.75, 3.05) is 25.4 Å². The largest absolute Gasteiger partial charge is 0.457 e. The zero-order valence-electron chi connectivity index (χ0n) is 14.1. The Labute approximate surface area is 149 Å². The Morgan fingerprint density at radius 3 is 2.17 bits per heavy atom. The molecular weight excluding hydrogens is 314 g/mol. The summed E-state index contributed by atoms with van der Waals surface area (Å²) in [6.07, 6.45) is 5.45. The van der Waals surface area contributed by atoms with Crippen LogP contribution in [0.15, 0.2) is 48.5 Å². The van der Waals surface area contributed by atoms with Crippen molar-refractivity contribution in [3.63, 3.8) is 0 Å². The second-order valence-corrected chi connectivity index (χ2v) is 7.90. The first-order valence-corrected chi connectivity index (χ1v) is 10.2. The van der Waals surface area contributed by atoms with Crippen molar-refractivity contribution in [1.82, 2.24) is 4.90 Å². The lowest BCUT2D eigenvalue weighted by Crippen LogP contribution is -2.30. The number of hydrogen-bond acceptors (Lipinski definition) is 3. The number of benzene rings is 2. The molecule has 0 atom stereocenters. The maximum Gasteiger partial charge on any atom is 0.132 e. The molecule has 1 fully saturated rings. The summed E-state index contributed by atoms with van der Waals surface area (Å²) in [6, 6.07) is 17.0. The van der Waals surface area contributed by atoms with Gasteiger partial charge in [-0.1, -0.05) is 42.8 Å². The zero-order chi connectivity index (χ0) is 16.2. The number of fused-ring (bicyclic) bond motifs is 2. The predicted molar refractivity (Wildman–Crippen MR) is 102 cm³/mol. The Morgan fingerprint density at radius 2 is 1.50 bits per heavy atom. The molecule has 2 aromatic rings. The molecular formula is C21H25NOS. The highest BCUT2D eigenvalue weighted by molar-refractivity contribution is 7.99. The van der Waals surface area contributed by atoms with E-state index in [1.165, 1.54) is 62.2 Å². The number of hydrogen-bond donors (Lipinski definition) is 0. The van der Waals surface area contributed by atoms with Gasteiger partial charge in [0.1, 0.15) is 11.5 Å². The first-order chi connectivity index (χ1) is 11.9. The summed E-state index contributed by atoms with van der Waals surface area (Å²) < 4.78 is 6.09. The van der Waals surface area contributed by atoms with Gasteiger partial charge in [0, 0.05) is 11.1 Å². The van der Waals surface area contributed by atoms with Gasteiger partial charge in [0.25, 0.3) is 0 Å². The van der Waals surface area contributed by atoms with Crippen molar-refractivity contribution in [1.29, 1.82) is 0 Å². The fraction of sp³-hybridized carbons (Fsp3) is 0.429. The van der Waals surface area contributed by atoms with Crippen LogP contribution in [0.3, 0.4) is 0 Å². The average molecular weight is 340 g/mol. The standard InChI is InChI=1S/C21H25NOS/c1-6-13-22(14-7-1)15-8-16-24-21-17-9-2-4-11-19(17)23-20-12-5-3-10-18(20)21/h2-5,9-12,21H,1,6-8,13-16H2. The number of para-hydroxylation sites is 2. The molecule has 0 aromatic heterocycles. The molecule has 2 aromatic carbocycles. The molecule has 3 heteroatoms. The Bertz CT molecular complexity index is 636. The monoisotopic (exact) mass is 339 g/mol. The molecule has 0 saturated carbocycles. The number of ether oxygens (including phenoxy) is 1. The molecule has 2 aliphatic rings. The van der Waals surface area contributed by atoms with Gasteiger partial charge in [-0.3, -0.25) is 0 Å². The predicted octanol–water partition coefficient (Wildman–Crippen LogP) is 5.49. The second kappa shape index (κ2) is 7.62. The van der Waals surface area contributed by atoms with E-state index in [1.807, 2.05) is 0 Å². The number of thioether (sulfide) groups is 1. The Hall–Kier alpha value is -1.45. The smallest absolute Gasteiger partial charge is 0.132 e. The topological polar surface area (TPSA) is 12.5 Å². The molecule has 0 unspecified atom stereocenters. The number of nitrogens with zero attached hydrogens (tertiary/aromatic N) is 1. The lowest BCUT2D eigenvalue weighted by Gasteiger charge is -2.29. The van der Waals surface area contributed by atoms with Gasteiger partial charge in [-0.15, -0.1) is 11.8 Å². The van der Waals surface area contributed by atoms with Crippen LogP contribution < -0.4 is 4.74 Å². The Balaban J connectivity index is 1.42. The van der Waals surface area contributed by atoms with Crippen LogP contribution in [0, 0.1) is 0 Å². The van der Waals surface area contributed by atoms with Gasteiger partial charge in [-0.2, -0.15) is 0 Å². The number of rotatable bonds is 5. The minimum atomic E-state index is 0.396. The summed E-state index contributed by atoms with van der Waals surface area (Å²) in [5, 5.41) is 0.396. The molecule has 0 N–H and O–H groups in total. The molecule has 0 radical (unpaired) electrons. The third kappa shape index (κ3) is 3.47. The molecule has 0 aliphatic carbocycles. The van der Waals surface area contributed by atoms with Gasteiger partial charge in [-0.05, 0) is 56.8 Å². The van der Waals surface area contributed by atoms with E-state index in [0.29, 0.717) is 5.25 Å². The van der Waals surface area contributed by atoms with Gasteiger partial charge < -0.3 is 9.64 Å². The fourth-order valence-corrected chi connectivity index (χ4v) is 5.00. The van der Waals surface area contributed by atoms with Gasteiger partial charge in [0.2, 0.25) is 0 Å². The maximum absolute atomic E-state index is 6.09. The van der Waals surface area contributed by atoms with E-state index in [4.69, 9.17) is 4.74 Å². The number of piperidine rings is 1. The van der Waals surface area contributed by atoms with E-state index in [1.54, 1.807) is 0 Å². The minimum absolute atomic E-state index is 0.396. The molecule has 0 spiro atoms. The van der Waals surface area contributed by atoms with Gasteiger partial charge in [-0.25, -0.2) is 0 Å². The average Bonchev–Trinajstić information content (AvgIpc) is 2.65. The molecule has 0 amide bonds. The second-order valence-electron chi connectivity index (χ2n) is 6.68. The van der Waals surface area contributed by atoms with Crippen LogP contribution in [0.5, 0.6) is 11.5 Å². The molecule has 4 rings (SSSR count). The number of likely N-dealkylation sites (tertiary alicyclic amines) is 1. The van der Waals surface area contributed by atoms with Crippen molar-refractivity contribution in [3.05, 3.63) is 59.7 Å².